The standard InChI is InChI=1S/C13H15N3O2S/c1-7-12(19-8(2)15-7)6-14-13(17)10-5-11(18-16-10)9-3-4-9/h5,9H,3-4,6H2,1-2H3,(H,14,17). The molecule has 5 nitrogen and oxygen atoms in total. The van der Waals surface area contributed by atoms with E-state index in [1.165, 1.54) is 0 Å². The number of thiazole rings is 1. The molecule has 0 unspecified atom stereocenters. The van der Waals surface area contributed by atoms with Crippen LogP contribution in [0, 0.1) is 13.8 Å². The molecule has 1 fully saturated rings. The summed E-state index contributed by atoms with van der Waals surface area (Å²) in [5.74, 6) is 1.11. The maximum atomic E-state index is 11.9. The number of nitrogens with zero attached hydrogens (tertiary/aromatic N) is 2. The molecule has 0 atom stereocenters. The summed E-state index contributed by atoms with van der Waals surface area (Å²) in [4.78, 5) is 17.4. The van der Waals surface area contributed by atoms with E-state index in [0.29, 0.717) is 18.2 Å². The summed E-state index contributed by atoms with van der Waals surface area (Å²) in [6, 6.07) is 1.75. The van der Waals surface area contributed by atoms with E-state index in [9.17, 15) is 4.79 Å². The van der Waals surface area contributed by atoms with E-state index in [1.54, 1.807) is 17.4 Å². The highest BCUT2D eigenvalue weighted by Crippen LogP contribution is 2.40. The molecule has 1 N–H and O–H groups in total. The van der Waals surface area contributed by atoms with Crippen LogP contribution in [-0.4, -0.2) is 16.0 Å². The van der Waals surface area contributed by atoms with Gasteiger partial charge in [0, 0.05) is 16.9 Å². The molecule has 1 aliphatic carbocycles. The van der Waals surface area contributed by atoms with E-state index < -0.39 is 0 Å². The summed E-state index contributed by atoms with van der Waals surface area (Å²) in [6.45, 7) is 4.40. The lowest BCUT2D eigenvalue weighted by Crippen LogP contribution is -2.22. The summed E-state index contributed by atoms with van der Waals surface area (Å²) in [5, 5.41) is 7.68. The number of rotatable bonds is 4. The first-order chi connectivity index (χ1) is 9.13. The normalized spacial score (nSPS) is 14.6. The van der Waals surface area contributed by atoms with Crippen LogP contribution in [0.3, 0.4) is 0 Å². The average molecular weight is 277 g/mol. The number of nitrogens with one attached hydrogen (secondary N) is 1. The minimum Gasteiger partial charge on any atom is -0.360 e. The zero-order valence-corrected chi connectivity index (χ0v) is 11.7. The van der Waals surface area contributed by atoms with Gasteiger partial charge in [-0.2, -0.15) is 0 Å². The average Bonchev–Trinajstić information content (AvgIpc) is 3.01. The molecule has 0 aromatic carbocycles. The van der Waals surface area contributed by atoms with Gasteiger partial charge in [0.1, 0.15) is 5.76 Å². The zero-order valence-electron chi connectivity index (χ0n) is 10.9. The van der Waals surface area contributed by atoms with Crippen molar-refractivity contribution in [3.05, 3.63) is 33.1 Å². The molecule has 2 aromatic rings. The molecule has 0 spiro atoms. The maximum Gasteiger partial charge on any atom is 0.273 e. The van der Waals surface area contributed by atoms with Gasteiger partial charge in [-0.25, -0.2) is 4.98 Å². The lowest BCUT2D eigenvalue weighted by atomic mass is 10.3. The molecule has 0 bridgehead atoms. The Balaban J connectivity index is 1.62. The molecule has 0 aliphatic heterocycles. The maximum absolute atomic E-state index is 11.9. The highest BCUT2D eigenvalue weighted by Gasteiger charge is 2.28. The van der Waals surface area contributed by atoms with Crippen molar-refractivity contribution in [1.29, 1.82) is 0 Å². The lowest BCUT2D eigenvalue weighted by Gasteiger charge is -2.00. The van der Waals surface area contributed by atoms with E-state index in [1.807, 2.05) is 13.8 Å². The fraction of sp³-hybridized carbons (Fsp3) is 0.462. The van der Waals surface area contributed by atoms with Gasteiger partial charge < -0.3 is 9.84 Å². The van der Waals surface area contributed by atoms with Crippen molar-refractivity contribution >= 4 is 17.2 Å². The van der Waals surface area contributed by atoms with Gasteiger partial charge in [0.05, 0.1) is 17.2 Å². The fourth-order valence-electron chi connectivity index (χ4n) is 1.95. The third-order valence-electron chi connectivity index (χ3n) is 3.15. The minimum atomic E-state index is -0.193. The molecule has 0 radical (unpaired) electrons. The van der Waals surface area contributed by atoms with Crippen LogP contribution < -0.4 is 5.32 Å². The third kappa shape index (κ3) is 2.68. The Labute approximate surface area is 115 Å². The van der Waals surface area contributed by atoms with Gasteiger partial charge in [-0.1, -0.05) is 5.16 Å². The first kappa shape index (κ1) is 12.3. The number of amides is 1. The van der Waals surface area contributed by atoms with Gasteiger partial charge >= 0.3 is 0 Å². The summed E-state index contributed by atoms with van der Waals surface area (Å²) >= 11 is 1.60. The summed E-state index contributed by atoms with van der Waals surface area (Å²) in [6.07, 6.45) is 2.27. The Morgan fingerprint density at radius 2 is 2.32 bits per heavy atom. The number of hydrogen-bond acceptors (Lipinski definition) is 5. The van der Waals surface area contributed by atoms with Crippen molar-refractivity contribution in [1.82, 2.24) is 15.5 Å². The first-order valence-electron chi connectivity index (χ1n) is 6.31. The highest BCUT2D eigenvalue weighted by molar-refractivity contribution is 7.11. The van der Waals surface area contributed by atoms with Crippen LogP contribution in [0.15, 0.2) is 10.6 Å². The molecule has 6 heteroatoms. The summed E-state index contributed by atoms with van der Waals surface area (Å²) in [7, 11) is 0. The molecule has 2 heterocycles. The second-order valence-corrected chi connectivity index (χ2v) is 6.10. The van der Waals surface area contributed by atoms with Crippen molar-refractivity contribution < 1.29 is 9.32 Å². The number of aryl methyl sites for hydroxylation is 2. The highest BCUT2D eigenvalue weighted by atomic mass is 32.1. The zero-order chi connectivity index (χ0) is 13.4. The van der Waals surface area contributed by atoms with Crippen molar-refractivity contribution in [2.75, 3.05) is 0 Å². The molecule has 2 aromatic heterocycles. The molecular formula is C13H15N3O2S. The van der Waals surface area contributed by atoms with Crippen LogP contribution in [0.25, 0.3) is 0 Å². The quantitative estimate of drug-likeness (QED) is 0.932. The molecular weight excluding hydrogens is 262 g/mol. The van der Waals surface area contributed by atoms with E-state index >= 15 is 0 Å². The number of hydrogen-bond donors (Lipinski definition) is 1. The molecule has 1 aliphatic rings. The van der Waals surface area contributed by atoms with Crippen molar-refractivity contribution in [3.63, 3.8) is 0 Å². The monoisotopic (exact) mass is 277 g/mol. The van der Waals surface area contributed by atoms with Gasteiger partial charge in [-0.05, 0) is 26.7 Å². The van der Waals surface area contributed by atoms with Gasteiger partial charge in [0.15, 0.2) is 5.69 Å². The van der Waals surface area contributed by atoms with Gasteiger partial charge in [0.25, 0.3) is 5.91 Å². The Hall–Kier alpha value is -1.69. The Kier molecular flexibility index (Phi) is 3.10. The molecule has 100 valence electrons. The summed E-state index contributed by atoms with van der Waals surface area (Å²) < 4.78 is 5.17. The van der Waals surface area contributed by atoms with E-state index in [2.05, 4.69) is 15.5 Å². The van der Waals surface area contributed by atoms with Crippen molar-refractivity contribution in [3.8, 4) is 0 Å². The number of carbonyl (C=O) groups excluding carboxylic acids is 1. The van der Waals surface area contributed by atoms with Gasteiger partial charge in [0.2, 0.25) is 0 Å². The molecule has 0 saturated heterocycles. The predicted molar refractivity (Wildman–Crippen MR) is 71.2 cm³/mol. The van der Waals surface area contributed by atoms with E-state index in [-0.39, 0.29) is 5.91 Å². The first-order valence-corrected chi connectivity index (χ1v) is 7.13. The van der Waals surface area contributed by atoms with Crippen LogP contribution in [0.2, 0.25) is 0 Å². The second-order valence-electron chi connectivity index (χ2n) is 4.81. The van der Waals surface area contributed by atoms with Crippen LogP contribution in [0.5, 0.6) is 0 Å². The van der Waals surface area contributed by atoms with Crippen LogP contribution in [0.4, 0.5) is 0 Å². The molecule has 1 saturated carbocycles. The number of aromatic nitrogens is 2. The Morgan fingerprint density at radius 1 is 1.53 bits per heavy atom. The third-order valence-corrected chi connectivity index (χ3v) is 4.22. The lowest BCUT2D eigenvalue weighted by molar-refractivity contribution is 0.0942. The Morgan fingerprint density at radius 3 is 2.95 bits per heavy atom. The second kappa shape index (κ2) is 4.77. The van der Waals surface area contributed by atoms with E-state index in [4.69, 9.17) is 4.52 Å². The molecule has 3 rings (SSSR count). The van der Waals surface area contributed by atoms with Crippen LogP contribution in [-0.2, 0) is 6.54 Å². The summed E-state index contributed by atoms with van der Waals surface area (Å²) in [5.41, 5.74) is 1.34. The SMILES string of the molecule is Cc1nc(C)c(CNC(=O)c2cc(C3CC3)on2)s1. The molecule has 19 heavy (non-hydrogen) atoms. The fourth-order valence-corrected chi connectivity index (χ4v) is 2.82. The van der Waals surface area contributed by atoms with E-state index in [0.717, 1.165) is 34.2 Å². The smallest absolute Gasteiger partial charge is 0.273 e. The van der Waals surface area contributed by atoms with Crippen molar-refractivity contribution in [2.45, 2.75) is 39.2 Å². The van der Waals surface area contributed by atoms with Gasteiger partial charge in [-0.3, -0.25) is 4.79 Å². The minimum absolute atomic E-state index is 0.193. The van der Waals surface area contributed by atoms with Crippen LogP contribution >= 0.6 is 11.3 Å². The van der Waals surface area contributed by atoms with Gasteiger partial charge in [-0.15, -0.1) is 11.3 Å². The molecule has 1 amide bonds. The van der Waals surface area contributed by atoms with Crippen molar-refractivity contribution in [2.24, 2.45) is 0 Å². The topological polar surface area (TPSA) is 68.0 Å². The predicted octanol–water partition coefficient (Wildman–Crippen LogP) is 2.56. The Bertz CT molecular complexity index is 613. The van der Waals surface area contributed by atoms with Crippen LogP contribution in [0.1, 0.15) is 50.6 Å². The number of carbonyl (C=O) groups is 1. The largest absolute Gasteiger partial charge is 0.360 e.